The predicted octanol–water partition coefficient (Wildman–Crippen LogP) is 1.78. The molecule has 0 saturated carbocycles. The summed E-state index contributed by atoms with van der Waals surface area (Å²) in [5.41, 5.74) is 0.171. The minimum atomic E-state index is -0.789. The second-order valence-electron chi connectivity index (χ2n) is 6.95. The standard InChI is InChI=1S/C18H30N2O6/c21-14(15-8-5-6-12-26-15)10-11-20-13(17(24)19-18(20)25)7-3-1-2-4-9-16(22)23/h14-15,21,24H,1-12H2,(H,19,25)(H,22,23). The number of hydrogen-bond donors (Lipinski definition) is 4. The maximum absolute atomic E-state index is 12.0. The van der Waals surface area contributed by atoms with E-state index in [1.807, 2.05) is 0 Å². The van der Waals surface area contributed by atoms with Crippen LogP contribution in [0.3, 0.4) is 0 Å². The van der Waals surface area contributed by atoms with E-state index in [0.717, 1.165) is 38.5 Å². The van der Waals surface area contributed by atoms with Crippen molar-refractivity contribution in [3.05, 3.63) is 16.2 Å². The molecule has 2 atom stereocenters. The van der Waals surface area contributed by atoms with E-state index in [1.165, 1.54) is 4.57 Å². The Balaban J connectivity index is 1.82. The van der Waals surface area contributed by atoms with Gasteiger partial charge in [0.15, 0.2) is 0 Å². The summed E-state index contributed by atoms with van der Waals surface area (Å²) in [5.74, 6) is -0.911. The fourth-order valence-electron chi connectivity index (χ4n) is 3.42. The molecule has 1 aliphatic heterocycles. The number of H-pyrrole nitrogens is 1. The molecule has 4 N–H and O–H groups in total. The second kappa shape index (κ2) is 10.4. The van der Waals surface area contributed by atoms with Crippen LogP contribution in [0.4, 0.5) is 0 Å². The molecular formula is C18H30N2O6. The highest BCUT2D eigenvalue weighted by Gasteiger charge is 2.23. The van der Waals surface area contributed by atoms with Gasteiger partial charge in [0.2, 0.25) is 5.88 Å². The lowest BCUT2D eigenvalue weighted by Gasteiger charge is -2.27. The molecule has 1 saturated heterocycles. The van der Waals surface area contributed by atoms with Crippen molar-refractivity contribution in [2.24, 2.45) is 0 Å². The Morgan fingerprint density at radius 3 is 2.73 bits per heavy atom. The van der Waals surface area contributed by atoms with Crippen LogP contribution in [-0.2, 0) is 22.5 Å². The number of nitrogens with zero attached hydrogens (tertiary/aromatic N) is 1. The zero-order chi connectivity index (χ0) is 18.9. The Kier molecular flexibility index (Phi) is 8.18. The number of aliphatic hydroxyl groups is 1. The van der Waals surface area contributed by atoms with Gasteiger partial charge < -0.3 is 20.1 Å². The van der Waals surface area contributed by atoms with Crippen LogP contribution in [0, 0.1) is 0 Å². The summed E-state index contributed by atoms with van der Waals surface area (Å²) in [4.78, 5) is 24.9. The zero-order valence-electron chi connectivity index (χ0n) is 15.2. The first-order valence-corrected chi connectivity index (χ1v) is 9.51. The lowest BCUT2D eigenvalue weighted by atomic mass is 10.0. The van der Waals surface area contributed by atoms with Crippen molar-refractivity contribution in [2.75, 3.05) is 6.61 Å². The quantitative estimate of drug-likeness (QED) is 0.440. The van der Waals surface area contributed by atoms with E-state index in [1.54, 1.807) is 0 Å². The van der Waals surface area contributed by atoms with E-state index in [2.05, 4.69) is 4.98 Å². The number of ether oxygens (including phenoxy) is 1. The number of aromatic nitrogens is 2. The normalized spacial score (nSPS) is 18.7. The third kappa shape index (κ3) is 6.17. The van der Waals surface area contributed by atoms with Crippen LogP contribution in [0.5, 0.6) is 5.88 Å². The van der Waals surface area contributed by atoms with E-state index >= 15 is 0 Å². The monoisotopic (exact) mass is 370 g/mol. The van der Waals surface area contributed by atoms with Crippen molar-refractivity contribution in [3.8, 4) is 5.88 Å². The van der Waals surface area contributed by atoms with Crippen LogP contribution in [0.1, 0.15) is 63.5 Å². The molecule has 148 valence electrons. The van der Waals surface area contributed by atoms with E-state index in [9.17, 15) is 19.8 Å². The zero-order valence-corrected chi connectivity index (χ0v) is 15.2. The van der Waals surface area contributed by atoms with Gasteiger partial charge in [0.05, 0.1) is 17.9 Å². The largest absolute Gasteiger partial charge is 0.493 e. The molecule has 2 heterocycles. The number of aromatic hydroxyl groups is 1. The van der Waals surface area contributed by atoms with Gasteiger partial charge in [-0.1, -0.05) is 12.8 Å². The summed E-state index contributed by atoms with van der Waals surface area (Å²) in [7, 11) is 0. The van der Waals surface area contributed by atoms with Gasteiger partial charge >= 0.3 is 11.7 Å². The first kappa shape index (κ1) is 20.5. The van der Waals surface area contributed by atoms with Crippen LogP contribution < -0.4 is 5.69 Å². The van der Waals surface area contributed by atoms with Crippen LogP contribution >= 0.6 is 0 Å². The Labute approximate surface area is 152 Å². The number of carbonyl (C=O) groups is 1. The third-order valence-electron chi connectivity index (χ3n) is 4.92. The summed E-state index contributed by atoms with van der Waals surface area (Å²) in [6.45, 7) is 0.991. The van der Waals surface area contributed by atoms with E-state index in [0.29, 0.717) is 38.1 Å². The molecule has 0 spiro atoms. The lowest BCUT2D eigenvalue weighted by Crippen LogP contribution is -2.34. The summed E-state index contributed by atoms with van der Waals surface area (Å²) >= 11 is 0. The Morgan fingerprint density at radius 1 is 1.27 bits per heavy atom. The Morgan fingerprint density at radius 2 is 2.04 bits per heavy atom. The molecule has 2 unspecified atom stereocenters. The fraction of sp³-hybridized carbons (Fsp3) is 0.778. The lowest BCUT2D eigenvalue weighted by molar-refractivity contribution is -0.137. The minimum Gasteiger partial charge on any atom is -0.493 e. The van der Waals surface area contributed by atoms with Gasteiger partial charge in [-0.25, -0.2) is 4.79 Å². The number of unbranched alkanes of at least 4 members (excludes halogenated alkanes) is 3. The molecule has 1 aromatic heterocycles. The highest BCUT2D eigenvalue weighted by Crippen LogP contribution is 2.20. The number of carboxylic acids is 1. The van der Waals surface area contributed by atoms with Gasteiger partial charge in [-0.2, -0.15) is 0 Å². The van der Waals surface area contributed by atoms with Gasteiger partial charge in [-0.05, 0) is 44.9 Å². The predicted molar refractivity (Wildman–Crippen MR) is 95.4 cm³/mol. The van der Waals surface area contributed by atoms with E-state index in [4.69, 9.17) is 9.84 Å². The van der Waals surface area contributed by atoms with Crippen molar-refractivity contribution in [1.82, 2.24) is 9.55 Å². The minimum absolute atomic E-state index is 0.121. The molecule has 0 amide bonds. The summed E-state index contributed by atoms with van der Waals surface area (Å²) in [5, 5.41) is 28.9. The SMILES string of the molecule is O=C(O)CCCCCCc1c(O)[nH]c(=O)n1CCC(O)C1CCCCO1. The molecule has 0 bridgehead atoms. The van der Waals surface area contributed by atoms with Gasteiger partial charge in [-0.3, -0.25) is 14.3 Å². The van der Waals surface area contributed by atoms with Gasteiger partial charge in [0.1, 0.15) is 0 Å². The molecular weight excluding hydrogens is 340 g/mol. The molecule has 1 aromatic rings. The van der Waals surface area contributed by atoms with Crippen molar-refractivity contribution >= 4 is 5.97 Å². The summed E-state index contributed by atoms with van der Waals surface area (Å²) in [6.07, 6.45) is 6.23. The van der Waals surface area contributed by atoms with E-state index in [-0.39, 0.29) is 24.1 Å². The van der Waals surface area contributed by atoms with Crippen molar-refractivity contribution < 1.29 is 24.9 Å². The molecule has 8 heteroatoms. The maximum Gasteiger partial charge on any atom is 0.328 e. The van der Waals surface area contributed by atoms with Crippen LogP contribution in [0.2, 0.25) is 0 Å². The van der Waals surface area contributed by atoms with Gasteiger partial charge in [-0.15, -0.1) is 0 Å². The summed E-state index contributed by atoms with van der Waals surface area (Å²) in [6, 6.07) is 0. The molecule has 1 fully saturated rings. The van der Waals surface area contributed by atoms with Gasteiger partial charge in [0.25, 0.3) is 0 Å². The number of nitrogens with one attached hydrogen (secondary N) is 1. The molecule has 2 rings (SSSR count). The number of hydrogen-bond acceptors (Lipinski definition) is 5. The number of imidazole rings is 1. The molecule has 0 radical (unpaired) electrons. The van der Waals surface area contributed by atoms with Crippen LogP contribution in [0.15, 0.2) is 4.79 Å². The van der Waals surface area contributed by atoms with E-state index < -0.39 is 12.1 Å². The number of carboxylic acid groups (broad SMARTS) is 1. The highest BCUT2D eigenvalue weighted by atomic mass is 16.5. The fourth-order valence-corrected chi connectivity index (χ4v) is 3.42. The smallest absolute Gasteiger partial charge is 0.328 e. The van der Waals surface area contributed by atoms with Crippen molar-refractivity contribution in [2.45, 2.75) is 83.0 Å². The topological polar surface area (TPSA) is 125 Å². The first-order valence-electron chi connectivity index (χ1n) is 9.51. The Hall–Kier alpha value is -1.80. The van der Waals surface area contributed by atoms with Gasteiger partial charge in [0, 0.05) is 19.6 Å². The van der Waals surface area contributed by atoms with Crippen LogP contribution in [0.25, 0.3) is 0 Å². The molecule has 26 heavy (non-hydrogen) atoms. The number of aromatic amines is 1. The molecule has 0 aromatic carbocycles. The van der Waals surface area contributed by atoms with Crippen LogP contribution in [-0.4, -0.2) is 49.7 Å². The highest BCUT2D eigenvalue weighted by molar-refractivity contribution is 5.66. The number of rotatable bonds is 11. The average Bonchev–Trinajstić information content (AvgIpc) is 2.89. The number of aliphatic hydroxyl groups excluding tert-OH is 1. The Bertz CT molecular complexity index is 618. The molecule has 8 nitrogen and oxygen atoms in total. The maximum atomic E-state index is 12.0. The first-order chi connectivity index (χ1) is 12.5. The number of aliphatic carboxylic acids is 1. The summed E-state index contributed by atoms with van der Waals surface area (Å²) < 4.78 is 7.06. The second-order valence-corrected chi connectivity index (χ2v) is 6.95. The van der Waals surface area contributed by atoms with Crippen molar-refractivity contribution in [1.29, 1.82) is 0 Å². The third-order valence-corrected chi connectivity index (χ3v) is 4.92. The average molecular weight is 370 g/mol. The molecule has 0 aliphatic carbocycles. The van der Waals surface area contributed by atoms with Crippen molar-refractivity contribution in [3.63, 3.8) is 0 Å². The molecule has 1 aliphatic rings.